The van der Waals surface area contributed by atoms with Crippen molar-refractivity contribution in [2.24, 2.45) is 4.99 Å². The summed E-state index contributed by atoms with van der Waals surface area (Å²) < 4.78 is 0. The fourth-order valence-electron chi connectivity index (χ4n) is 4.41. The van der Waals surface area contributed by atoms with Crippen LogP contribution >= 0.6 is 11.6 Å². The molecule has 3 nitrogen and oxygen atoms in total. The molecule has 3 rings (SSSR count). The fourth-order valence-corrected chi connectivity index (χ4v) is 4.72. The molecule has 0 fully saturated rings. The zero-order valence-electron chi connectivity index (χ0n) is 18.9. The fraction of sp³-hybridized carbons (Fsp3) is 0.481. The van der Waals surface area contributed by atoms with Gasteiger partial charge in [0.1, 0.15) is 0 Å². The smallest absolute Gasteiger partial charge is 0.0852 e. The molecule has 0 aromatic heterocycles. The summed E-state index contributed by atoms with van der Waals surface area (Å²) in [7, 11) is 0. The predicted octanol–water partition coefficient (Wildman–Crippen LogP) is 6.81. The molecule has 2 aromatic rings. The monoisotopic (exact) mass is 435 g/mol. The van der Waals surface area contributed by atoms with E-state index in [1.807, 2.05) is 24.3 Å². The van der Waals surface area contributed by atoms with E-state index >= 15 is 0 Å². The van der Waals surface area contributed by atoms with Gasteiger partial charge >= 0.3 is 0 Å². The Kier molecular flexibility index (Phi) is 8.69. The van der Waals surface area contributed by atoms with Crippen molar-refractivity contribution >= 4 is 17.3 Å². The number of nitriles is 1. The highest BCUT2D eigenvalue weighted by Gasteiger charge is 2.35. The summed E-state index contributed by atoms with van der Waals surface area (Å²) in [5.74, 6) is 0. The molecule has 1 atom stereocenters. The van der Waals surface area contributed by atoms with E-state index in [4.69, 9.17) is 16.6 Å². The van der Waals surface area contributed by atoms with Gasteiger partial charge in [0.05, 0.1) is 11.5 Å². The van der Waals surface area contributed by atoms with Gasteiger partial charge in [-0.15, -0.1) is 0 Å². The minimum atomic E-state index is -0.609. The van der Waals surface area contributed by atoms with Gasteiger partial charge in [-0.05, 0) is 69.6 Å². The maximum atomic E-state index is 10.5. The van der Waals surface area contributed by atoms with Crippen molar-refractivity contribution in [3.8, 4) is 6.07 Å². The molecule has 0 bridgehead atoms. The van der Waals surface area contributed by atoms with Crippen LogP contribution < -0.4 is 0 Å². The molecule has 1 aliphatic rings. The molecule has 0 aliphatic carbocycles. The van der Waals surface area contributed by atoms with Crippen molar-refractivity contribution in [3.05, 3.63) is 70.7 Å². The van der Waals surface area contributed by atoms with Crippen LogP contribution in [-0.2, 0) is 12.0 Å². The Labute approximate surface area is 192 Å². The van der Waals surface area contributed by atoms with E-state index in [0.29, 0.717) is 11.1 Å². The van der Waals surface area contributed by atoms with Gasteiger partial charge in [0.25, 0.3) is 0 Å². The summed E-state index contributed by atoms with van der Waals surface area (Å²) >= 11 is 6.62. The molecule has 1 heterocycles. The van der Waals surface area contributed by atoms with E-state index in [1.165, 1.54) is 24.1 Å². The van der Waals surface area contributed by atoms with Crippen molar-refractivity contribution in [1.82, 2.24) is 4.90 Å². The van der Waals surface area contributed by atoms with Gasteiger partial charge in [0, 0.05) is 36.4 Å². The molecular weight excluding hydrogens is 402 g/mol. The highest BCUT2D eigenvalue weighted by atomic mass is 35.5. The lowest BCUT2D eigenvalue weighted by molar-refractivity contribution is 0.195. The molecular formula is C27H34ClN3. The van der Waals surface area contributed by atoms with E-state index < -0.39 is 5.41 Å². The van der Waals surface area contributed by atoms with E-state index in [2.05, 4.69) is 55.1 Å². The number of halogens is 1. The van der Waals surface area contributed by atoms with Gasteiger partial charge < -0.3 is 0 Å². The second-order valence-corrected chi connectivity index (χ2v) is 9.29. The van der Waals surface area contributed by atoms with Crippen molar-refractivity contribution in [1.29, 1.82) is 5.26 Å². The van der Waals surface area contributed by atoms with Crippen molar-refractivity contribution in [3.63, 3.8) is 0 Å². The van der Waals surface area contributed by atoms with Gasteiger partial charge in [0.2, 0.25) is 0 Å². The number of hydrogen-bond donors (Lipinski definition) is 0. The molecule has 164 valence electrons. The quantitative estimate of drug-likeness (QED) is 0.411. The Morgan fingerprint density at radius 1 is 1.06 bits per heavy atom. The Bertz CT molecular complexity index is 900. The Morgan fingerprint density at radius 3 is 2.45 bits per heavy atom. The average Bonchev–Trinajstić information content (AvgIpc) is 2.80. The maximum absolute atomic E-state index is 10.5. The minimum absolute atomic E-state index is 0.394. The van der Waals surface area contributed by atoms with Gasteiger partial charge in [-0.1, -0.05) is 60.1 Å². The zero-order chi connectivity index (χ0) is 22.1. The van der Waals surface area contributed by atoms with Gasteiger partial charge in [0.15, 0.2) is 0 Å². The number of rotatable bonds is 10. The molecule has 0 spiro atoms. The van der Waals surface area contributed by atoms with Crippen molar-refractivity contribution in [2.75, 3.05) is 13.1 Å². The zero-order valence-corrected chi connectivity index (χ0v) is 19.6. The van der Waals surface area contributed by atoms with Gasteiger partial charge in [-0.2, -0.15) is 5.26 Å². The molecule has 4 heteroatoms. The highest BCUT2D eigenvalue weighted by Crippen LogP contribution is 2.38. The molecule has 31 heavy (non-hydrogen) atoms. The Hall–Kier alpha value is -2.15. The third-order valence-corrected chi connectivity index (χ3v) is 6.77. The second-order valence-electron chi connectivity index (χ2n) is 8.88. The first kappa shape index (κ1) is 23.5. The second kappa shape index (κ2) is 11.5. The summed E-state index contributed by atoms with van der Waals surface area (Å²) in [6.07, 6.45) is 5.85. The largest absolute Gasteiger partial charge is 0.297 e. The molecule has 0 N–H and O–H groups in total. The van der Waals surface area contributed by atoms with Crippen LogP contribution in [0.2, 0.25) is 5.02 Å². The predicted molar refractivity (Wildman–Crippen MR) is 131 cm³/mol. The SMILES string of the molecule is CC(C)N(CCC(C#N)(CCC1=NCCCC1)c1ccccc1Cl)Cc1ccccc1. The van der Waals surface area contributed by atoms with Crippen LogP contribution in [0.3, 0.4) is 0 Å². The normalized spacial score (nSPS) is 16.1. The lowest BCUT2D eigenvalue weighted by Gasteiger charge is -2.33. The van der Waals surface area contributed by atoms with Crippen LogP contribution in [0, 0.1) is 11.3 Å². The summed E-state index contributed by atoms with van der Waals surface area (Å²) in [6.45, 7) is 7.11. The summed E-state index contributed by atoms with van der Waals surface area (Å²) in [5.41, 5.74) is 2.91. The Morgan fingerprint density at radius 2 is 1.81 bits per heavy atom. The lowest BCUT2D eigenvalue weighted by Crippen LogP contribution is -2.36. The standard InChI is InChI=1S/C27H34ClN3/c1-22(2)31(20-23-10-4-3-5-11-23)19-17-27(21-29,25-13-6-7-14-26(25)28)16-15-24-12-8-9-18-30-24/h3-7,10-11,13-14,22H,8-9,12,15-20H2,1-2H3. The number of nitrogens with zero attached hydrogens (tertiary/aromatic N) is 3. The van der Waals surface area contributed by atoms with E-state index in [9.17, 15) is 5.26 Å². The Balaban J connectivity index is 1.81. The number of aliphatic imine (C=N–C) groups is 1. The number of hydrogen-bond acceptors (Lipinski definition) is 3. The first-order valence-corrected chi connectivity index (χ1v) is 11.9. The van der Waals surface area contributed by atoms with Crippen LogP contribution in [0.4, 0.5) is 0 Å². The van der Waals surface area contributed by atoms with E-state index in [0.717, 1.165) is 50.9 Å². The average molecular weight is 436 g/mol. The minimum Gasteiger partial charge on any atom is -0.297 e. The molecule has 1 aliphatic heterocycles. The third-order valence-electron chi connectivity index (χ3n) is 6.44. The molecule has 2 aromatic carbocycles. The highest BCUT2D eigenvalue weighted by molar-refractivity contribution is 6.31. The van der Waals surface area contributed by atoms with Crippen molar-refractivity contribution in [2.45, 2.75) is 70.4 Å². The molecule has 0 radical (unpaired) electrons. The first-order chi connectivity index (χ1) is 15.0. The van der Waals surface area contributed by atoms with Crippen LogP contribution in [-0.4, -0.2) is 29.7 Å². The van der Waals surface area contributed by atoms with Gasteiger partial charge in [-0.3, -0.25) is 9.89 Å². The summed E-state index contributed by atoms with van der Waals surface area (Å²) in [4.78, 5) is 7.18. The topological polar surface area (TPSA) is 39.4 Å². The summed E-state index contributed by atoms with van der Waals surface area (Å²) in [5, 5.41) is 11.1. The van der Waals surface area contributed by atoms with Crippen LogP contribution in [0.15, 0.2) is 59.6 Å². The van der Waals surface area contributed by atoms with E-state index in [-0.39, 0.29) is 0 Å². The van der Waals surface area contributed by atoms with Crippen LogP contribution in [0.5, 0.6) is 0 Å². The van der Waals surface area contributed by atoms with Crippen molar-refractivity contribution < 1.29 is 0 Å². The molecule has 0 saturated heterocycles. The molecule has 0 amide bonds. The van der Waals surface area contributed by atoms with Gasteiger partial charge in [-0.25, -0.2) is 0 Å². The summed E-state index contributed by atoms with van der Waals surface area (Å²) in [6, 6.07) is 21.5. The number of benzene rings is 2. The molecule has 0 saturated carbocycles. The maximum Gasteiger partial charge on any atom is 0.0852 e. The van der Waals surface area contributed by atoms with Crippen LogP contribution in [0.1, 0.15) is 63.5 Å². The van der Waals surface area contributed by atoms with Crippen LogP contribution in [0.25, 0.3) is 0 Å². The first-order valence-electron chi connectivity index (χ1n) is 11.5. The van der Waals surface area contributed by atoms with E-state index in [1.54, 1.807) is 0 Å². The molecule has 1 unspecified atom stereocenters. The lowest BCUT2D eigenvalue weighted by atomic mass is 9.74. The third kappa shape index (κ3) is 6.42.